The first-order valence-electron chi connectivity index (χ1n) is 7.85. The lowest BCUT2D eigenvalue weighted by atomic mass is 9.91. The zero-order chi connectivity index (χ0) is 16.9. The van der Waals surface area contributed by atoms with Crippen molar-refractivity contribution in [3.63, 3.8) is 0 Å². The van der Waals surface area contributed by atoms with Crippen LogP contribution in [0.3, 0.4) is 0 Å². The fraction of sp³-hybridized carbons (Fsp3) is 0.562. The summed E-state index contributed by atoms with van der Waals surface area (Å²) in [5, 5.41) is 17.0. The number of hydrogen-bond donors (Lipinski definition) is 2. The van der Waals surface area contributed by atoms with Gasteiger partial charge in [-0.1, -0.05) is 19.9 Å². The second-order valence-corrected chi connectivity index (χ2v) is 7.08. The van der Waals surface area contributed by atoms with Crippen molar-refractivity contribution in [1.29, 1.82) is 0 Å². The average molecular weight is 334 g/mol. The van der Waals surface area contributed by atoms with E-state index in [2.05, 4.69) is 64.1 Å². The lowest BCUT2D eigenvalue weighted by Gasteiger charge is -2.25. The van der Waals surface area contributed by atoms with Crippen LogP contribution in [0.2, 0.25) is 0 Å². The van der Waals surface area contributed by atoms with Gasteiger partial charge in [-0.3, -0.25) is 0 Å². The van der Waals surface area contributed by atoms with Crippen LogP contribution in [-0.4, -0.2) is 33.8 Å². The maximum absolute atomic E-state index is 4.62. The van der Waals surface area contributed by atoms with Gasteiger partial charge in [0.05, 0.1) is 0 Å². The van der Waals surface area contributed by atoms with Crippen molar-refractivity contribution in [1.82, 2.24) is 25.4 Å². The molecule has 0 radical (unpaired) electrons. The van der Waals surface area contributed by atoms with E-state index < -0.39 is 0 Å². The molecule has 23 heavy (non-hydrogen) atoms. The van der Waals surface area contributed by atoms with Crippen molar-refractivity contribution in [3.8, 4) is 0 Å². The third kappa shape index (κ3) is 4.54. The van der Waals surface area contributed by atoms with Crippen molar-refractivity contribution in [2.45, 2.75) is 39.7 Å². The summed E-state index contributed by atoms with van der Waals surface area (Å²) in [6.45, 7) is 10.6. The predicted octanol–water partition coefficient (Wildman–Crippen LogP) is 2.22. The number of hydrogen-bond acceptors (Lipinski definition) is 4. The van der Waals surface area contributed by atoms with Crippen molar-refractivity contribution in [2.24, 2.45) is 12.0 Å². The van der Waals surface area contributed by atoms with E-state index in [9.17, 15) is 0 Å². The molecule has 0 unspecified atom stereocenters. The van der Waals surface area contributed by atoms with Crippen molar-refractivity contribution < 1.29 is 0 Å². The molecule has 126 valence electrons. The van der Waals surface area contributed by atoms with E-state index in [1.165, 1.54) is 4.88 Å². The van der Waals surface area contributed by atoms with E-state index in [-0.39, 0.29) is 5.41 Å². The largest absolute Gasteiger partial charge is 0.357 e. The third-order valence-corrected chi connectivity index (χ3v) is 5.03. The molecule has 6 nitrogen and oxygen atoms in total. The molecule has 0 saturated carbocycles. The molecule has 7 heteroatoms. The molecule has 0 spiro atoms. The van der Waals surface area contributed by atoms with Gasteiger partial charge >= 0.3 is 0 Å². The van der Waals surface area contributed by atoms with Gasteiger partial charge in [0.2, 0.25) is 0 Å². The maximum Gasteiger partial charge on any atom is 0.191 e. The van der Waals surface area contributed by atoms with E-state index in [0.29, 0.717) is 6.54 Å². The maximum atomic E-state index is 4.62. The molecule has 2 aromatic heterocycles. The van der Waals surface area contributed by atoms with Crippen LogP contribution in [0.4, 0.5) is 0 Å². The smallest absolute Gasteiger partial charge is 0.191 e. The van der Waals surface area contributed by atoms with Crippen LogP contribution in [0.5, 0.6) is 0 Å². The van der Waals surface area contributed by atoms with Gasteiger partial charge in [-0.05, 0) is 25.3 Å². The quantitative estimate of drug-likeness (QED) is 0.628. The highest BCUT2D eigenvalue weighted by molar-refractivity contribution is 7.10. The Morgan fingerprint density at radius 3 is 2.70 bits per heavy atom. The molecule has 0 aliphatic carbocycles. The van der Waals surface area contributed by atoms with Crippen LogP contribution in [0.15, 0.2) is 22.5 Å². The zero-order valence-corrected chi connectivity index (χ0v) is 15.4. The van der Waals surface area contributed by atoms with Gasteiger partial charge < -0.3 is 15.2 Å². The molecule has 0 atom stereocenters. The number of aryl methyl sites for hydroxylation is 1. The molecule has 0 aromatic carbocycles. The Morgan fingerprint density at radius 2 is 2.13 bits per heavy atom. The first kappa shape index (κ1) is 17.5. The van der Waals surface area contributed by atoms with E-state index in [1.54, 1.807) is 11.3 Å². The standard InChI is InChI=1S/C16H26N6S/c1-6-17-15(18-10-14-21-20-12(2)22(14)5)19-11-16(3,4)13-8-7-9-23-13/h7-9H,6,10-11H2,1-5H3,(H2,17,18,19). The lowest BCUT2D eigenvalue weighted by molar-refractivity contribution is 0.518. The fourth-order valence-corrected chi connectivity index (χ4v) is 2.99. The summed E-state index contributed by atoms with van der Waals surface area (Å²) in [5.41, 5.74) is 0.0612. The zero-order valence-electron chi connectivity index (χ0n) is 14.6. The minimum absolute atomic E-state index is 0.0612. The van der Waals surface area contributed by atoms with Crippen LogP contribution in [0.25, 0.3) is 0 Å². The second kappa shape index (κ2) is 7.59. The van der Waals surface area contributed by atoms with Crippen LogP contribution in [-0.2, 0) is 19.0 Å². The Hall–Kier alpha value is -1.89. The summed E-state index contributed by atoms with van der Waals surface area (Å²) in [7, 11) is 1.96. The van der Waals surface area contributed by atoms with Crippen molar-refractivity contribution >= 4 is 17.3 Å². The van der Waals surface area contributed by atoms with Gasteiger partial charge in [-0.15, -0.1) is 21.5 Å². The van der Waals surface area contributed by atoms with Crippen LogP contribution in [0, 0.1) is 6.92 Å². The molecule has 0 saturated heterocycles. The molecule has 2 aromatic rings. The first-order valence-corrected chi connectivity index (χ1v) is 8.73. The number of nitrogens with zero attached hydrogens (tertiary/aromatic N) is 4. The summed E-state index contributed by atoms with van der Waals surface area (Å²) in [6.07, 6.45) is 0. The van der Waals surface area contributed by atoms with Gasteiger partial charge in [0.15, 0.2) is 11.8 Å². The van der Waals surface area contributed by atoms with E-state index in [1.807, 2.05) is 18.5 Å². The summed E-state index contributed by atoms with van der Waals surface area (Å²) in [4.78, 5) is 5.98. The molecular formula is C16H26N6S. The Bertz CT molecular complexity index is 642. The molecule has 0 bridgehead atoms. The lowest BCUT2D eigenvalue weighted by Crippen LogP contribution is -2.43. The normalized spacial score (nSPS) is 12.5. The minimum Gasteiger partial charge on any atom is -0.357 e. The highest BCUT2D eigenvalue weighted by Crippen LogP contribution is 2.26. The fourth-order valence-electron chi connectivity index (χ4n) is 2.14. The summed E-state index contributed by atoms with van der Waals surface area (Å²) >= 11 is 1.79. The number of aromatic nitrogens is 3. The highest BCUT2D eigenvalue weighted by Gasteiger charge is 2.21. The SMILES string of the molecule is CCNC(=NCc1nnc(C)n1C)NCC(C)(C)c1cccs1. The molecule has 0 fully saturated rings. The van der Waals surface area contributed by atoms with Gasteiger partial charge in [0.1, 0.15) is 12.4 Å². The van der Waals surface area contributed by atoms with E-state index in [4.69, 9.17) is 0 Å². The number of nitrogens with one attached hydrogen (secondary N) is 2. The topological polar surface area (TPSA) is 67.1 Å². The number of aliphatic imine (C=N–C) groups is 1. The van der Waals surface area contributed by atoms with Crippen LogP contribution < -0.4 is 10.6 Å². The second-order valence-electron chi connectivity index (χ2n) is 6.13. The molecule has 2 rings (SSSR count). The Balaban J connectivity index is 2.01. The summed E-state index contributed by atoms with van der Waals surface area (Å²) in [6, 6.07) is 4.27. The predicted molar refractivity (Wildman–Crippen MR) is 95.9 cm³/mol. The number of rotatable bonds is 6. The van der Waals surface area contributed by atoms with Gasteiger partial charge in [-0.2, -0.15) is 0 Å². The number of guanidine groups is 1. The molecule has 2 N–H and O–H groups in total. The molecule has 0 aliphatic rings. The van der Waals surface area contributed by atoms with E-state index in [0.717, 1.165) is 30.7 Å². The Labute approximate surface area is 142 Å². The van der Waals surface area contributed by atoms with Crippen LogP contribution in [0.1, 0.15) is 37.3 Å². The number of thiophene rings is 1. The van der Waals surface area contributed by atoms with Crippen molar-refractivity contribution in [3.05, 3.63) is 34.0 Å². The first-order chi connectivity index (χ1) is 10.9. The van der Waals surface area contributed by atoms with Gasteiger partial charge in [-0.25, -0.2) is 4.99 Å². The van der Waals surface area contributed by atoms with Crippen molar-refractivity contribution in [2.75, 3.05) is 13.1 Å². The minimum atomic E-state index is 0.0612. The molecule has 2 heterocycles. The summed E-state index contributed by atoms with van der Waals surface area (Å²) in [5.74, 6) is 2.56. The Kier molecular flexibility index (Phi) is 5.76. The molecule has 0 aliphatic heterocycles. The Morgan fingerprint density at radius 1 is 1.35 bits per heavy atom. The average Bonchev–Trinajstić information content (AvgIpc) is 3.15. The van der Waals surface area contributed by atoms with Gasteiger partial charge in [0.25, 0.3) is 0 Å². The summed E-state index contributed by atoms with van der Waals surface area (Å²) < 4.78 is 1.96. The third-order valence-electron chi connectivity index (χ3n) is 3.79. The highest BCUT2D eigenvalue weighted by atomic mass is 32.1. The van der Waals surface area contributed by atoms with Gasteiger partial charge in [0, 0.05) is 30.4 Å². The van der Waals surface area contributed by atoms with E-state index >= 15 is 0 Å². The molecular weight excluding hydrogens is 308 g/mol. The van der Waals surface area contributed by atoms with Crippen LogP contribution >= 0.6 is 11.3 Å². The molecule has 0 amide bonds. The monoisotopic (exact) mass is 334 g/mol.